The fraction of sp³-hybridized carbons (Fsp3) is 0.312. The molecule has 3 nitrogen and oxygen atoms in total. The Bertz CT molecular complexity index is 611. The summed E-state index contributed by atoms with van der Waals surface area (Å²) in [6.07, 6.45) is 1.80. The van der Waals surface area contributed by atoms with Crippen molar-refractivity contribution in [1.29, 1.82) is 0 Å². The van der Waals surface area contributed by atoms with Gasteiger partial charge in [-0.15, -0.1) is 0 Å². The average molecular weight is 256 g/mol. The van der Waals surface area contributed by atoms with E-state index < -0.39 is 0 Å². The highest BCUT2D eigenvalue weighted by Crippen LogP contribution is 2.17. The summed E-state index contributed by atoms with van der Waals surface area (Å²) in [6.45, 7) is 6.01. The number of rotatable bonds is 3. The van der Waals surface area contributed by atoms with Crippen LogP contribution in [0.5, 0.6) is 0 Å². The summed E-state index contributed by atoms with van der Waals surface area (Å²) in [7, 11) is 0. The van der Waals surface area contributed by atoms with Gasteiger partial charge in [0.15, 0.2) is 0 Å². The summed E-state index contributed by atoms with van der Waals surface area (Å²) in [6, 6.07) is 11.4. The predicted octanol–water partition coefficient (Wildman–Crippen LogP) is 2.79. The second kappa shape index (κ2) is 5.41. The van der Waals surface area contributed by atoms with Crippen molar-refractivity contribution in [3.63, 3.8) is 0 Å². The number of nitrogens with two attached hydrogens (primary N) is 1. The molecule has 1 atom stereocenters. The minimum atomic E-state index is -0.376. The van der Waals surface area contributed by atoms with Gasteiger partial charge in [-0.25, -0.2) is 0 Å². The number of hydrogen-bond acceptors (Lipinski definition) is 2. The van der Waals surface area contributed by atoms with Crippen molar-refractivity contribution in [2.45, 2.75) is 32.9 Å². The summed E-state index contributed by atoms with van der Waals surface area (Å²) in [5, 5.41) is 0. The Labute approximate surface area is 113 Å². The van der Waals surface area contributed by atoms with E-state index in [-0.39, 0.29) is 17.6 Å². The zero-order valence-corrected chi connectivity index (χ0v) is 11.6. The first-order valence-corrected chi connectivity index (χ1v) is 6.54. The molecule has 1 unspecified atom stereocenters. The van der Waals surface area contributed by atoms with Gasteiger partial charge in [-0.2, -0.15) is 0 Å². The molecule has 2 N–H and O–H groups in total. The van der Waals surface area contributed by atoms with E-state index in [1.807, 2.05) is 57.2 Å². The molecule has 100 valence electrons. The molecule has 0 saturated heterocycles. The minimum absolute atomic E-state index is 0.00873. The normalized spacial score (nSPS) is 12.7. The van der Waals surface area contributed by atoms with E-state index >= 15 is 0 Å². The lowest BCUT2D eigenvalue weighted by atomic mass is 10.00. The van der Waals surface area contributed by atoms with Gasteiger partial charge in [0, 0.05) is 17.8 Å². The van der Waals surface area contributed by atoms with E-state index in [4.69, 9.17) is 5.73 Å². The van der Waals surface area contributed by atoms with Crippen LogP contribution < -0.4 is 11.3 Å². The van der Waals surface area contributed by atoms with E-state index in [0.29, 0.717) is 5.56 Å². The minimum Gasteiger partial charge on any atom is -0.320 e. The highest BCUT2D eigenvalue weighted by Gasteiger charge is 2.14. The van der Waals surface area contributed by atoms with Crippen LogP contribution in [0.3, 0.4) is 0 Å². The first-order chi connectivity index (χ1) is 9.00. The van der Waals surface area contributed by atoms with Crippen LogP contribution in [0, 0.1) is 6.92 Å². The van der Waals surface area contributed by atoms with Crippen LogP contribution in [-0.4, -0.2) is 4.57 Å². The zero-order chi connectivity index (χ0) is 14.0. The zero-order valence-electron chi connectivity index (χ0n) is 11.6. The molecule has 0 spiro atoms. The van der Waals surface area contributed by atoms with Gasteiger partial charge in [0.25, 0.3) is 5.56 Å². The highest BCUT2D eigenvalue weighted by atomic mass is 16.1. The summed E-state index contributed by atoms with van der Waals surface area (Å²) in [4.78, 5) is 12.4. The van der Waals surface area contributed by atoms with Gasteiger partial charge in [0.1, 0.15) is 0 Å². The lowest BCUT2D eigenvalue weighted by molar-refractivity contribution is 0.570. The first kappa shape index (κ1) is 13.6. The number of aromatic nitrogens is 1. The molecule has 0 bridgehead atoms. The van der Waals surface area contributed by atoms with Crippen molar-refractivity contribution in [3.8, 4) is 0 Å². The van der Waals surface area contributed by atoms with E-state index in [0.717, 1.165) is 5.56 Å². The fourth-order valence-corrected chi connectivity index (χ4v) is 2.12. The maximum atomic E-state index is 12.4. The monoisotopic (exact) mass is 256 g/mol. The molecule has 1 heterocycles. The van der Waals surface area contributed by atoms with Crippen LogP contribution in [0.1, 0.15) is 42.6 Å². The van der Waals surface area contributed by atoms with E-state index in [9.17, 15) is 4.79 Å². The molecule has 0 aliphatic heterocycles. The molecule has 19 heavy (non-hydrogen) atoms. The third kappa shape index (κ3) is 2.76. The summed E-state index contributed by atoms with van der Waals surface area (Å²) in [5.74, 6) is 0. The molecule has 0 aliphatic carbocycles. The summed E-state index contributed by atoms with van der Waals surface area (Å²) in [5.41, 5.74) is 9.00. The van der Waals surface area contributed by atoms with Crippen LogP contribution in [0.4, 0.5) is 0 Å². The third-order valence-corrected chi connectivity index (χ3v) is 3.33. The van der Waals surface area contributed by atoms with Gasteiger partial charge < -0.3 is 10.3 Å². The molecule has 2 aromatic rings. The van der Waals surface area contributed by atoms with Crippen LogP contribution in [-0.2, 0) is 0 Å². The maximum Gasteiger partial charge on any atom is 0.255 e. The Morgan fingerprint density at radius 2 is 1.74 bits per heavy atom. The molecule has 0 radical (unpaired) electrons. The standard InChI is InChI=1S/C16H20N2O/c1-11(2)18-10-4-5-14(16(18)19)15(17)13-8-6-12(3)7-9-13/h4-11,15H,17H2,1-3H3. The van der Waals surface area contributed by atoms with Crippen molar-refractivity contribution in [2.75, 3.05) is 0 Å². The van der Waals surface area contributed by atoms with E-state index in [1.165, 1.54) is 5.56 Å². The number of pyridine rings is 1. The number of benzene rings is 1. The van der Waals surface area contributed by atoms with Crippen molar-refractivity contribution < 1.29 is 0 Å². The smallest absolute Gasteiger partial charge is 0.255 e. The Morgan fingerprint density at radius 1 is 1.11 bits per heavy atom. The topological polar surface area (TPSA) is 48.0 Å². The van der Waals surface area contributed by atoms with Gasteiger partial charge in [0.2, 0.25) is 0 Å². The van der Waals surface area contributed by atoms with Crippen molar-refractivity contribution in [3.05, 3.63) is 69.6 Å². The number of aryl methyl sites for hydroxylation is 1. The summed E-state index contributed by atoms with van der Waals surface area (Å²) >= 11 is 0. The average Bonchev–Trinajstić information content (AvgIpc) is 2.38. The number of hydrogen-bond donors (Lipinski definition) is 1. The lowest BCUT2D eigenvalue weighted by Crippen LogP contribution is -2.29. The van der Waals surface area contributed by atoms with Gasteiger partial charge in [-0.1, -0.05) is 35.9 Å². The van der Waals surface area contributed by atoms with Gasteiger partial charge in [0.05, 0.1) is 6.04 Å². The molecule has 2 rings (SSSR count). The third-order valence-electron chi connectivity index (χ3n) is 3.33. The molecular weight excluding hydrogens is 236 g/mol. The second-order valence-electron chi connectivity index (χ2n) is 5.16. The van der Waals surface area contributed by atoms with Crippen molar-refractivity contribution >= 4 is 0 Å². The molecule has 0 amide bonds. The molecule has 1 aromatic carbocycles. The predicted molar refractivity (Wildman–Crippen MR) is 78.3 cm³/mol. The van der Waals surface area contributed by atoms with Crippen molar-refractivity contribution in [2.24, 2.45) is 5.73 Å². The largest absolute Gasteiger partial charge is 0.320 e. The van der Waals surface area contributed by atoms with Crippen LogP contribution in [0.25, 0.3) is 0 Å². The Balaban J connectivity index is 2.44. The molecule has 0 fully saturated rings. The second-order valence-corrected chi connectivity index (χ2v) is 5.16. The van der Waals surface area contributed by atoms with Crippen molar-refractivity contribution in [1.82, 2.24) is 4.57 Å². The van der Waals surface area contributed by atoms with Gasteiger partial charge >= 0.3 is 0 Å². The van der Waals surface area contributed by atoms with Crippen LogP contribution >= 0.6 is 0 Å². The molecule has 0 saturated carbocycles. The number of nitrogens with zero attached hydrogens (tertiary/aromatic N) is 1. The molecule has 1 aromatic heterocycles. The highest BCUT2D eigenvalue weighted by molar-refractivity contribution is 5.31. The Morgan fingerprint density at radius 3 is 2.32 bits per heavy atom. The SMILES string of the molecule is Cc1ccc(C(N)c2cccn(C(C)C)c2=O)cc1. The molecule has 0 aliphatic rings. The van der Waals surface area contributed by atoms with Gasteiger partial charge in [-0.3, -0.25) is 4.79 Å². The first-order valence-electron chi connectivity index (χ1n) is 6.54. The van der Waals surface area contributed by atoms with Crippen LogP contribution in [0.15, 0.2) is 47.4 Å². The molecular formula is C16H20N2O. The molecule has 3 heteroatoms. The summed E-state index contributed by atoms with van der Waals surface area (Å²) < 4.78 is 1.71. The Hall–Kier alpha value is -1.87. The lowest BCUT2D eigenvalue weighted by Gasteiger charge is -2.16. The van der Waals surface area contributed by atoms with E-state index in [1.54, 1.807) is 10.8 Å². The van der Waals surface area contributed by atoms with Crippen LogP contribution in [0.2, 0.25) is 0 Å². The quantitative estimate of drug-likeness (QED) is 0.918. The van der Waals surface area contributed by atoms with Gasteiger partial charge in [-0.05, 0) is 32.4 Å². The maximum absolute atomic E-state index is 12.4. The van der Waals surface area contributed by atoms with E-state index in [2.05, 4.69) is 0 Å². The Kier molecular flexibility index (Phi) is 3.86. The fourth-order valence-electron chi connectivity index (χ4n) is 2.12.